The summed E-state index contributed by atoms with van der Waals surface area (Å²) in [6.07, 6.45) is 5.24. The van der Waals surface area contributed by atoms with Crippen molar-refractivity contribution in [2.24, 2.45) is 5.41 Å². The number of H-pyrrole nitrogens is 2. The average Bonchev–Trinajstić information content (AvgIpc) is 3.50. The zero-order chi connectivity index (χ0) is 28.0. The van der Waals surface area contributed by atoms with E-state index in [4.69, 9.17) is 4.98 Å². The average molecular weight is 537 g/mol. The monoisotopic (exact) mass is 536 g/mol. The van der Waals surface area contributed by atoms with E-state index in [1.54, 1.807) is 24.7 Å². The third-order valence-corrected chi connectivity index (χ3v) is 6.23. The number of pyridine rings is 3. The lowest BCUT2D eigenvalue weighted by Crippen LogP contribution is -2.19. The first-order valence-electron chi connectivity index (χ1n) is 12.6. The molecule has 0 unspecified atom stereocenters. The number of aromatic amines is 2. The van der Waals surface area contributed by atoms with Crippen molar-refractivity contribution >= 4 is 33.8 Å². The van der Waals surface area contributed by atoms with Crippen LogP contribution in [0.3, 0.4) is 0 Å². The number of phenols is 1. The van der Waals surface area contributed by atoms with E-state index < -0.39 is 5.82 Å². The molecule has 6 aromatic rings. The highest BCUT2D eigenvalue weighted by molar-refractivity contribution is 5.95. The predicted molar refractivity (Wildman–Crippen MR) is 150 cm³/mol. The van der Waals surface area contributed by atoms with Crippen LogP contribution in [0.5, 0.6) is 5.75 Å². The largest absolute Gasteiger partial charge is 0.508 e. The maximum absolute atomic E-state index is 14.0. The van der Waals surface area contributed by atoms with Gasteiger partial charge in [-0.3, -0.25) is 14.9 Å². The number of rotatable bonds is 5. The van der Waals surface area contributed by atoms with Gasteiger partial charge in [0.1, 0.15) is 17.1 Å². The standard InChI is InChI=1S/C29H25FN8O2/c1-29(2,3)12-23(40)33-18-9-16(13-31-14-18)21-4-5-22-25(34-21)26(38-37-22)28-35-24-20(6-7-32-27(24)36-28)15-8-17(30)11-19(39)10-15/h4-11,13-14,39H,12H2,1-3H3,(H,33,40)(H,37,38)(H,32,35,36). The number of hydrogen-bond donors (Lipinski definition) is 4. The Bertz CT molecular complexity index is 1880. The molecule has 200 valence electrons. The highest BCUT2D eigenvalue weighted by Gasteiger charge is 2.19. The predicted octanol–water partition coefficient (Wildman–Crippen LogP) is 5.84. The number of carbonyl (C=O) groups is 1. The molecule has 10 nitrogen and oxygen atoms in total. The van der Waals surface area contributed by atoms with Crippen molar-refractivity contribution in [1.82, 2.24) is 35.1 Å². The molecular formula is C29H25FN8O2. The van der Waals surface area contributed by atoms with Gasteiger partial charge in [-0.2, -0.15) is 5.10 Å². The van der Waals surface area contributed by atoms with E-state index in [1.807, 2.05) is 39.0 Å². The van der Waals surface area contributed by atoms with Gasteiger partial charge < -0.3 is 15.4 Å². The highest BCUT2D eigenvalue weighted by Crippen LogP contribution is 2.33. The van der Waals surface area contributed by atoms with Crippen molar-refractivity contribution in [2.45, 2.75) is 27.2 Å². The number of benzene rings is 1. The van der Waals surface area contributed by atoms with E-state index in [9.17, 15) is 14.3 Å². The van der Waals surface area contributed by atoms with Crippen LogP contribution in [0, 0.1) is 11.2 Å². The van der Waals surface area contributed by atoms with Crippen LogP contribution < -0.4 is 5.32 Å². The Morgan fingerprint density at radius 2 is 1.90 bits per heavy atom. The molecule has 4 N–H and O–H groups in total. The molecule has 1 aromatic carbocycles. The van der Waals surface area contributed by atoms with E-state index in [0.29, 0.717) is 62.6 Å². The van der Waals surface area contributed by atoms with Gasteiger partial charge in [0, 0.05) is 36.0 Å². The Hall–Kier alpha value is -5.19. The Morgan fingerprint density at radius 1 is 1.05 bits per heavy atom. The van der Waals surface area contributed by atoms with E-state index in [0.717, 1.165) is 11.6 Å². The van der Waals surface area contributed by atoms with Gasteiger partial charge in [0.05, 0.1) is 28.6 Å². The molecule has 0 bridgehead atoms. The van der Waals surface area contributed by atoms with Gasteiger partial charge in [-0.25, -0.2) is 19.3 Å². The lowest BCUT2D eigenvalue weighted by atomic mass is 9.92. The minimum absolute atomic E-state index is 0.0849. The lowest BCUT2D eigenvalue weighted by Gasteiger charge is -2.17. The zero-order valence-electron chi connectivity index (χ0n) is 22.0. The summed E-state index contributed by atoms with van der Waals surface area (Å²) in [5, 5.41) is 20.2. The molecule has 11 heteroatoms. The topological polar surface area (TPSA) is 145 Å². The number of aromatic nitrogens is 7. The van der Waals surface area contributed by atoms with Crippen molar-refractivity contribution in [3.8, 4) is 39.7 Å². The van der Waals surface area contributed by atoms with Crippen LogP contribution in [-0.2, 0) is 4.79 Å². The third-order valence-electron chi connectivity index (χ3n) is 6.23. The molecule has 0 aliphatic carbocycles. The summed E-state index contributed by atoms with van der Waals surface area (Å²) < 4.78 is 14.0. The van der Waals surface area contributed by atoms with Crippen molar-refractivity contribution in [3.05, 3.63) is 66.9 Å². The first-order valence-corrected chi connectivity index (χ1v) is 12.6. The third kappa shape index (κ3) is 4.96. The number of amides is 1. The van der Waals surface area contributed by atoms with Crippen molar-refractivity contribution in [2.75, 3.05) is 5.32 Å². The number of aromatic hydroxyl groups is 1. The Balaban J connectivity index is 1.37. The van der Waals surface area contributed by atoms with Gasteiger partial charge >= 0.3 is 0 Å². The van der Waals surface area contributed by atoms with Gasteiger partial charge in [-0.05, 0) is 47.4 Å². The van der Waals surface area contributed by atoms with E-state index in [-0.39, 0.29) is 17.1 Å². The van der Waals surface area contributed by atoms with Crippen LogP contribution in [0.4, 0.5) is 10.1 Å². The fourth-order valence-electron chi connectivity index (χ4n) is 4.55. The van der Waals surface area contributed by atoms with E-state index in [2.05, 4.69) is 35.5 Å². The number of imidazole rings is 1. The Labute approximate surface area is 227 Å². The zero-order valence-corrected chi connectivity index (χ0v) is 22.0. The van der Waals surface area contributed by atoms with Crippen molar-refractivity contribution in [3.63, 3.8) is 0 Å². The number of hydrogen-bond acceptors (Lipinski definition) is 7. The molecule has 5 aromatic heterocycles. The minimum atomic E-state index is -0.554. The first-order chi connectivity index (χ1) is 19.1. The van der Waals surface area contributed by atoms with Gasteiger partial charge in [-0.1, -0.05) is 20.8 Å². The number of phenolic OH excluding ortho intramolecular Hbond substituents is 1. The maximum atomic E-state index is 14.0. The summed E-state index contributed by atoms with van der Waals surface area (Å²) in [6.45, 7) is 6.02. The first kappa shape index (κ1) is 25.1. The van der Waals surface area contributed by atoms with Crippen LogP contribution in [0.25, 0.3) is 56.1 Å². The number of fused-ring (bicyclic) bond motifs is 2. The number of nitrogens with zero attached hydrogens (tertiary/aromatic N) is 5. The molecule has 40 heavy (non-hydrogen) atoms. The second kappa shape index (κ2) is 9.53. The summed E-state index contributed by atoms with van der Waals surface area (Å²) in [6, 6.07) is 11.1. The summed E-state index contributed by atoms with van der Waals surface area (Å²) in [5.41, 5.74) is 5.65. The Morgan fingerprint density at radius 3 is 2.70 bits per heavy atom. The molecule has 0 spiro atoms. The maximum Gasteiger partial charge on any atom is 0.224 e. The molecule has 5 heterocycles. The van der Waals surface area contributed by atoms with Crippen molar-refractivity contribution in [1.29, 1.82) is 0 Å². The molecule has 1 amide bonds. The molecule has 0 saturated carbocycles. The minimum Gasteiger partial charge on any atom is -0.508 e. The van der Waals surface area contributed by atoms with Gasteiger partial charge in [-0.15, -0.1) is 0 Å². The number of carbonyl (C=O) groups excluding carboxylic acids is 1. The summed E-state index contributed by atoms with van der Waals surface area (Å²) in [7, 11) is 0. The van der Waals surface area contributed by atoms with Crippen LogP contribution in [0.1, 0.15) is 27.2 Å². The number of anilines is 1. The van der Waals surface area contributed by atoms with E-state index >= 15 is 0 Å². The van der Waals surface area contributed by atoms with Crippen LogP contribution >= 0.6 is 0 Å². The smallest absolute Gasteiger partial charge is 0.224 e. The van der Waals surface area contributed by atoms with Gasteiger partial charge in [0.15, 0.2) is 17.2 Å². The molecular weight excluding hydrogens is 511 g/mol. The fourth-order valence-corrected chi connectivity index (χ4v) is 4.55. The Kier molecular flexibility index (Phi) is 5.98. The van der Waals surface area contributed by atoms with Crippen LogP contribution in [0.2, 0.25) is 0 Å². The second-order valence-corrected chi connectivity index (χ2v) is 10.8. The normalized spacial score (nSPS) is 11.8. The molecule has 0 radical (unpaired) electrons. The number of halogens is 1. The van der Waals surface area contributed by atoms with E-state index in [1.165, 1.54) is 12.1 Å². The summed E-state index contributed by atoms with van der Waals surface area (Å²) >= 11 is 0. The SMILES string of the molecule is CC(C)(C)CC(=O)Nc1cncc(-c2ccc3[nH]nc(-c4nc5nccc(-c6cc(O)cc(F)c6)c5[nH]4)c3n2)c1. The molecule has 0 fully saturated rings. The lowest BCUT2D eigenvalue weighted by molar-refractivity contribution is -0.117. The fraction of sp³-hybridized carbons (Fsp3) is 0.172. The molecule has 0 atom stereocenters. The van der Waals surface area contributed by atoms with Crippen LogP contribution in [0.15, 0.2) is 61.1 Å². The van der Waals surface area contributed by atoms with Gasteiger partial charge in [0.2, 0.25) is 5.91 Å². The van der Waals surface area contributed by atoms with Crippen molar-refractivity contribution < 1.29 is 14.3 Å². The molecule has 0 saturated heterocycles. The second-order valence-electron chi connectivity index (χ2n) is 10.8. The summed E-state index contributed by atoms with van der Waals surface area (Å²) in [4.78, 5) is 33.7. The van der Waals surface area contributed by atoms with Gasteiger partial charge in [0.25, 0.3) is 0 Å². The molecule has 0 aliphatic heterocycles. The van der Waals surface area contributed by atoms with Crippen LogP contribution in [-0.4, -0.2) is 46.1 Å². The molecule has 0 aliphatic rings. The summed E-state index contributed by atoms with van der Waals surface area (Å²) in [5.74, 6) is -0.393. The quantitative estimate of drug-likeness (QED) is 0.216. The highest BCUT2D eigenvalue weighted by atomic mass is 19.1. The number of nitrogens with one attached hydrogen (secondary N) is 3. The molecule has 6 rings (SSSR count).